The molecule has 2 aliphatic rings. The van der Waals surface area contributed by atoms with E-state index in [1.165, 1.54) is 54.9 Å². The van der Waals surface area contributed by atoms with Gasteiger partial charge in [-0.1, -0.05) is 123 Å². The summed E-state index contributed by atoms with van der Waals surface area (Å²) in [5.74, 6) is 0. The fraction of sp³-hybridized carbons (Fsp3) is 0.111. The molecule has 0 bridgehead atoms. The molecule has 2 heterocycles. The number of benzene rings is 6. The summed E-state index contributed by atoms with van der Waals surface area (Å²) in [7, 11) is -3.77. The third-order valence-electron chi connectivity index (χ3n) is 9.38. The second-order valence-corrected chi connectivity index (χ2v) is 20.7. The minimum atomic E-state index is -1.92. The summed E-state index contributed by atoms with van der Waals surface area (Å²) < 4.78 is 0. The number of hydrogen-bond donors (Lipinski definition) is 0. The first-order chi connectivity index (χ1) is 18.4. The molecule has 2 heteroatoms. The van der Waals surface area contributed by atoms with Gasteiger partial charge in [0.1, 0.15) is 16.1 Å². The van der Waals surface area contributed by atoms with Gasteiger partial charge >= 0.3 is 0 Å². The Morgan fingerprint density at radius 1 is 0.421 bits per heavy atom. The molecule has 0 saturated carbocycles. The fourth-order valence-corrected chi connectivity index (χ4v) is 16.1. The van der Waals surface area contributed by atoms with E-state index in [2.05, 4.69) is 135 Å². The average molecular weight is 519 g/mol. The highest BCUT2D eigenvalue weighted by atomic mass is 28.3. The summed E-state index contributed by atoms with van der Waals surface area (Å²) in [6.45, 7) is 10.4. The van der Waals surface area contributed by atoms with Crippen LogP contribution in [-0.2, 0) is 0 Å². The van der Waals surface area contributed by atoms with Crippen molar-refractivity contribution in [3.05, 3.63) is 109 Å². The maximum absolute atomic E-state index is 2.59. The molecule has 0 N–H and O–H groups in total. The Hall–Kier alpha value is -3.73. The van der Waals surface area contributed by atoms with Gasteiger partial charge in [-0.3, -0.25) is 0 Å². The summed E-state index contributed by atoms with van der Waals surface area (Å²) in [6, 6.07) is 41.4. The molecular formula is C36H30Si2. The van der Waals surface area contributed by atoms with Crippen molar-refractivity contribution in [1.29, 1.82) is 0 Å². The van der Waals surface area contributed by atoms with Crippen molar-refractivity contribution in [3.63, 3.8) is 0 Å². The van der Waals surface area contributed by atoms with Crippen molar-refractivity contribution in [3.8, 4) is 33.4 Å². The van der Waals surface area contributed by atoms with E-state index in [4.69, 9.17) is 0 Å². The summed E-state index contributed by atoms with van der Waals surface area (Å²) >= 11 is 0. The maximum Gasteiger partial charge on any atom is 0.113 e. The average Bonchev–Trinajstić information content (AvgIpc) is 3.32. The van der Waals surface area contributed by atoms with Crippen LogP contribution < -0.4 is 20.7 Å². The molecule has 2 aliphatic heterocycles. The van der Waals surface area contributed by atoms with Gasteiger partial charge in [0.15, 0.2) is 0 Å². The molecule has 0 nitrogen and oxygen atoms in total. The topological polar surface area (TPSA) is 0 Å². The highest BCUT2D eigenvalue weighted by Gasteiger charge is 2.48. The lowest BCUT2D eigenvalue weighted by atomic mass is 9.91. The van der Waals surface area contributed by atoms with Crippen LogP contribution in [0.1, 0.15) is 0 Å². The molecule has 0 fully saturated rings. The van der Waals surface area contributed by atoms with Gasteiger partial charge in [0.2, 0.25) is 0 Å². The lowest BCUT2D eigenvalue weighted by Crippen LogP contribution is -2.63. The first-order valence-corrected chi connectivity index (χ1v) is 19.7. The molecule has 182 valence electrons. The zero-order valence-electron chi connectivity index (χ0n) is 22.4. The lowest BCUT2D eigenvalue weighted by Gasteiger charge is -2.29. The standard InChI is InChI=1S/C36H30Si2/c1-37(2)31-16-10-9-15-29(31)33-27-13-7-8-14-28(27)34-30-22-26(19-20-32(30)38(3,4)36(34)35(33)37)25-18-17-23-11-5-6-12-24(23)21-25/h5-22H,1-4H3. The van der Waals surface area contributed by atoms with E-state index in [1.807, 2.05) is 0 Å². The molecule has 0 saturated heterocycles. The SMILES string of the molecule is C[Si]1(C)c2ccccc2-c2c1c1c(c3ccccc23)-c2cc(-c3ccc4ccccc4c3)ccc2[Si]1(C)C. The van der Waals surface area contributed by atoms with Gasteiger partial charge in [0.05, 0.1) is 0 Å². The van der Waals surface area contributed by atoms with Crippen LogP contribution in [-0.4, -0.2) is 16.1 Å². The Labute approximate surface area is 226 Å². The van der Waals surface area contributed by atoms with Crippen LogP contribution >= 0.6 is 0 Å². The molecular weight excluding hydrogens is 489 g/mol. The van der Waals surface area contributed by atoms with Crippen molar-refractivity contribution in [1.82, 2.24) is 0 Å². The van der Waals surface area contributed by atoms with Crippen LogP contribution in [0.15, 0.2) is 109 Å². The van der Waals surface area contributed by atoms with E-state index in [0.29, 0.717) is 0 Å². The third kappa shape index (κ3) is 2.74. The Morgan fingerprint density at radius 3 is 1.68 bits per heavy atom. The quantitative estimate of drug-likeness (QED) is 0.201. The van der Waals surface area contributed by atoms with Crippen LogP contribution in [0.2, 0.25) is 26.2 Å². The molecule has 8 rings (SSSR count). The van der Waals surface area contributed by atoms with Crippen molar-refractivity contribution >= 4 is 58.4 Å². The Morgan fingerprint density at radius 2 is 0.947 bits per heavy atom. The summed E-state index contributed by atoms with van der Waals surface area (Å²) in [6.07, 6.45) is 0. The molecule has 0 radical (unpaired) electrons. The molecule has 38 heavy (non-hydrogen) atoms. The second-order valence-electron chi connectivity index (χ2n) is 12.2. The Balaban J connectivity index is 1.47. The molecule has 0 amide bonds. The number of fused-ring (bicyclic) bond motifs is 11. The summed E-state index contributed by atoms with van der Waals surface area (Å²) in [5.41, 5.74) is 8.64. The second kappa shape index (κ2) is 7.44. The lowest BCUT2D eigenvalue weighted by molar-refractivity contribution is 1.66. The molecule has 0 atom stereocenters. The summed E-state index contributed by atoms with van der Waals surface area (Å²) in [5, 5.41) is 12.1. The molecule has 6 aromatic rings. The van der Waals surface area contributed by atoms with Gasteiger partial charge in [-0.2, -0.15) is 0 Å². The number of hydrogen-bond acceptors (Lipinski definition) is 0. The van der Waals surface area contributed by atoms with Gasteiger partial charge in [0.25, 0.3) is 0 Å². The van der Waals surface area contributed by atoms with Gasteiger partial charge in [-0.25, -0.2) is 0 Å². The molecule has 6 aromatic carbocycles. The van der Waals surface area contributed by atoms with Gasteiger partial charge in [-0.05, 0) is 87.8 Å². The predicted molar refractivity (Wildman–Crippen MR) is 171 cm³/mol. The van der Waals surface area contributed by atoms with Crippen LogP contribution in [0.5, 0.6) is 0 Å². The van der Waals surface area contributed by atoms with Gasteiger partial charge in [0, 0.05) is 0 Å². The van der Waals surface area contributed by atoms with Crippen LogP contribution in [0, 0.1) is 0 Å². The number of rotatable bonds is 1. The van der Waals surface area contributed by atoms with Crippen molar-refractivity contribution in [2.75, 3.05) is 0 Å². The van der Waals surface area contributed by atoms with E-state index in [0.717, 1.165) is 0 Å². The maximum atomic E-state index is 2.59. The monoisotopic (exact) mass is 518 g/mol. The molecule has 0 aromatic heterocycles. The Bertz CT molecular complexity index is 1980. The predicted octanol–water partition coefficient (Wildman–Crippen LogP) is 7.27. The largest absolute Gasteiger partial charge is 0.113 e. The van der Waals surface area contributed by atoms with Crippen LogP contribution in [0.3, 0.4) is 0 Å². The highest BCUT2D eigenvalue weighted by Crippen LogP contribution is 2.42. The minimum absolute atomic E-state index is 1.30. The van der Waals surface area contributed by atoms with Gasteiger partial charge < -0.3 is 0 Å². The zero-order valence-corrected chi connectivity index (χ0v) is 24.4. The molecule has 0 unspecified atom stereocenters. The fourth-order valence-electron chi connectivity index (χ4n) is 7.61. The zero-order chi connectivity index (χ0) is 25.8. The molecule has 0 spiro atoms. The Kier molecular flexibility index (Phi) is 4.36. The highest BCUT2D eigenvalue weighted by molar-refractivity contribution is 7.13. The van der Waals surface area contributed by atoms with E-state index in [9.17, 15) is 0 Å². The van der Waals surface area contributed by atoms with Crippen molar-refractivity contribution < 1.29 is 0 Å². The third-order valence-corrected chi connectivity index (χ3v) is 16.7. The first kappa shape index (κ1) is 22.3. The van der Waals surface area contributed by atoms with Crippen molar-refractivity contribution in [2.24, 2.45) is 0 Å². The van der Waals surface area contributed by atoms with E-state index < -0.39 is 16.1 Å². The van der Waals surface area contributed by atoms with Crippen LogP contribution in [0.25, 0.3) is 54.9 Å². The van der Waals surface area contributed by atoms with E-state index >= 15 is 0 Å². The normalized spacial score (nSPS) is 15.8. The van der Waals surface area contributed by atoms with Crippen molar-refractivity contribution in [2.45, 2.75) is 26.2 Å². The van der Waals surface area contributed by atoms with E-state index in [1.54, 1.807) is 20.7 Å². The molecule has 0 aliphatic carbocycles. The minimum Gasteiger partial charge on any atom is -0.0623 e. The van der Waals surface area contributed by atoms with E-state index in [-0.39, 0.29) is 0 Å². The van der Waals surface area contributed by atoms with Gasteiger partial charge in [-0.15, -0.1) is 0 Å². The summed E-state index contributed by atoms with van der Waals surface area (Å²) in [4.78, 5) is 0. The smallest absolute Gasteiger partial charge is 0.0623 e. The first-order valence-electron chi connectivity index (χ1n) is 13.7. The van der Waals surface area contributed by atoms with Crippen LogP contribution in [0.4, 0.5) is 0 Å².